The van der Waals surface area contributed by atoms with Crippen LogP contribution in [0.3, 0.4) is 0 Å². The number of benzene rings is 2. The molecule has 1 atom stereocenters. The van der Waals surface area contributed by atoms with Crippen molar-refractivity contribution in [1.82, 2.24) is 0 Å². The Morgan fingerprint density at radius 3 is 2.76 bits per heavy atom. The highest BCUT2D eigenvalue weighted by Gasteiger charge is 2.21. The molecule has 3 heteroatoms. The number of carbonyl (C=O) groups is 1. The summed E-state index contributed by atoms with van der Waals surface area (Å²) >= 11 is 0. The minimum absolute atomic E-state index is 0.224. The van der Waals surface area contributed by atoms with Crippen LogP contribution in [0.15, 0.2) is 48.5 Å². The number of aromatic carboxylic acids is 1. The van der Waals surface area contributed by atoms with E-state index < -0.39 is 5.97 Å². The number of hydrogen-bond acceptors (Lipinski definition) is 2. The van der Waals surface area contributed by atoms with Crippen molar-refractivity contribution in [3.8, 4) is 5.75 Å². The number of para-hydroxylation sites is 1. The topological polar surface area (TPSA) is 46.5 Å². The van der Waals surface area contributed by atoms with Crippen LogP contribution in [-0.2, 0) is 6.42 Å². The fourth-order valence-electron chi connectivity index (χ4n) is 2.99. The molecular formula is C18H18O3. The summed E-state index contributed by atoms with van der Waals surface area (Å²) in [7, 11) is 0. The van der Waals surface area contributed by atoms with Gasteiger partial charge in [-0.25, -0.2) is 4.79 Å². The van der Waals surface area contributed by atoms with Crippen molar-refractivity contribution in [2.75, 3.05) is 6.61 Å². The lowest BCUT2D eigenvalue weighted by atomic mass is 9.83. The molecule has 21 heavy (non-hydrogen) atoms. The number of carboxylic acid groups (broad SMARTS) is 1. The molecule has 1 N–H and O–H groups in total. The fraction of sp³-hybridized carbons (Fsp3) is 0.278. The molecule has 2 aromatic rings. The van der Waals surface area contributed by atoms with Gasteiger partial charge in [-0.1, -0.05) is 36.4 Å². The Balaban J connectivity index is 1.76. The van der Waals surface area contributed by atoms with E-state index in [0.717, 1.165) is 19.3 Å². The second-order valence-corrected chi connectivity index (χ2v) is 5.40. The monoisotopic (exact) mass is 282 g/mol. The molecule has 0 aliphatic heterocycles. The number of carboxylic acids is 1. The Kier molecular flexibility index (Phi) is 3.91. The number of hydrogen-bond donors (Lipinski definition) is 1. The molecular weight excluding hydrogens is 264 g/mol. The smallest absolute Gasteiger partial charge is 0.339 e. The van der Waals surface area contributed by atoms with E-state index in [1.165, 1.54) is 11.1 Å². The van der Waals surface area contributed by atoms with E-state index >= 15 is 0 Å². The maximum atomic E-state index is 11.2. The second-order valence-electron chi connectivity index (χ2n) is 5.40. The van der Waals surface area contributed by atoms with Crippen molar-refractivity contribution >= 4 is 5.97 Å². The number of aryl methyl sites for hydroxylation is 1. The average molecular weight is 282 g/mol. The first kappa shape index (κ1) is 13.7. The van der Waals surface area contributed by atoms with Gasteiger partial charge < -0.3 is 9.84 Å². The Morgan fingerprint density at radius 1 is 1.14 bits per heavy atom. The van der Waals surface area contributed by atoms with E-state index in [1.54, 1.807) is 24.3 Å². The number of rotatable bonds is 4. The predicted octanol–water partition coefficient (Wildman–Crippen LogP) is 3.88. The van der Waals surface area contributed by atoms with Crippen LogP contribution in [-0.4, -0.2) is 17.7 Å². The van der Waals surface area contributed by atoms with Gasteiger partial charge in [0.2, 0.25) is 0 Å². The molecule has 3 nitrogen and oxygen atoms in total. The Morgan fingerprint density at radius 2 is 1.90 bits per heavy atom. The van der Waals surface area contributed by atoms with Crippen LogP contribution < -0.4 is 4.74 Å². The maximum absolute atomic E-state index is 11.2. The van der Waals surface area contributed by atoms with Gasteiger partial charge in [-0.15, -0.1) is 0 Å². The molecule has 0 bridgehead atoms. The summed E-state index contributed by atoms with van der Waals surface area (Å²) in [5.74, 6) is -0.153. The third kappa shape index (κ3) is 2.92. The van der Waals surface area contributed by atoms with Crippen molar-refractivity contribution < 1.29 is 14.6 Å². The van der Waals surface area contributed by atoms with E-state index in [2.05, 4.69) is 24.3 Å². The Labute approximate surface area is 124 Å². The van der Waals surface area contributed by atoms with Crippen LogP contribution in [0.1, 0.15) is 40.2 Å². The lowest BCUT2D eigenvalue weighted by Crippen LogP contribution is -2.17. The highest BCUT2D eigenvalue weighted by Crippen LogP contribution is 2.32. The quantitative estimate of drug-likeness (QED) is 0.925. The molecule has 0 saturated heterocycles. The van der Waals surface area contributed by atoms with Gasteiger partial charge in [0, 0.05) is 5.92 Å². The van der Waals surface area contributed by atoms with Crippen molar-refractivity contribution in [3.63, 3.8) is 0 Å². The SMILES string of the molecule is O=C(O)c1ccccc1OCC1CCCc2ccccc21. The minimum atomic E-state index is -0.949. The first-order valence-corrected chi connectivity index (χ1v) is 7.28. The normalized spacial score (nSPS) is 17.0. The molecule has 0 aromatic heterocycles. The minimum Gasteiger partial charge on any atom is -0.492 e. The van der Waals surface area contributed by atoms with Gasteiger partial charge in [-0.3, -0.25) is 0 Å². The largest absolute Gasteiger partial charge is 0.492 e. The molecule has 2 aromatic carbocycles. The van der Waals surface area contributed by atoms with Gasteiger partial charge in [-0.05, 0) is 42.5 Å². The molecule has 0 fully saturated rings. The summed E-state index contributed by atoms with van der Waals surface area (Å²) in [4.78, 5) is 11.2. The summed E-state index contributed by atoms with van der Waals surface area (Å²) in [6.07, 6.45) is 3.37. The van der Waals surface area contributed by atoms with Crippen LogP contribution in [0.2, 0.25) is 0 Å². The van der Waals surface area contributed by atoms with E-state index in [1.807, 2.05) is 0 Å². The third-order valence-corrected chi connectivity index (χ3v) is 4.05. The Bertz CT molecular complexity index is 648. The van der Waals surface area contributed by atoms with Crippen LogP contribution in [0.25, 0.3) is 0 Å². The molecule has 0 saturated carbocycles. The average Bonchev–Trinajstić information content (AvgIpc) is 2.53. The van der Waals surface area contributed by atoms with Crippen molar-refractivity contribution in [3.05, 3.63) is 65.2 Å². The van der Waals surface area contributed by atoms with Gasteiger partial charge in [-0.2, -0.15) is 0 Å². The molecule has 0 spiro atoms. The third-order valence-electron chi connectivity index (χ3n) is 4.05. The van der Waals surface area contributed by atoms with Crippen LogP contribution in [0, 0.1) is 0 Å². The lowest BCUT2D eigenvalue weighted by molar-refractivity contribution is 0.0691. The maximum Gasteiger partial charge on any atom is 0.339 e. The van der Waals surface area contributed by atoms with Gasteiger partial charge in [0.05, 0.1) is 6.61 Å². The lowest BCUT2D eigenvalue weighted by Gasteiger charge is -2.25. The molecule has 1 aliphatic rings. The number of ether oxygens (including phenoxy) is 1. The Hall–Kier alpha value is -2.29. The van der Waals surface area contributed by atoms with E-state index in [0.29, 0.717) is 18.3 Å². The van der Waals surface area contributed by atoms with Gasteiger partial charge in [0.1, 0.15) is 11.3 Å². The molecule has 0 radical (unpaired) electrons. The summed E-state index contributed by atoms with van der Waals surface area (Å²) < 4.78 is 5.81. The van der Waals surface area contributed by atoms with Crippen molar-refractivity contribution in [1.29, 1.82) is 0 Å². The summed E-state index contributed by atoms with van der Waals surface area (Å²) in [5, 5.41) is 9.18. The first-order valence-electron chi connectivity index (χ1n) is 7.28. The zero-order valence-corrected chi connectivity index (χ0v) is 11.8. The molecule has 0 heterocycles. The van der Waals surface area contributed by atoms with Crippen LogP contribution in [0.5, 0.6) is 5.75 Å². The standard InChI is InChI=1S/C18H18O3/c19-18(20)16-10-3-4-11-17(16)21-12-14-8-5-7-13-6-1-2-9-15(13)14/h1-4,6,9-11,14H,5,7-8,12H2,(H,19,20). The van der Waals surface area contributed by atoms with Gasteiger partial charge in [0.25, 0.3) is 0 Å². The summed E-state index contributed by atoms with van der Waals surface area (Å²) in [5.41, 5.74) is 2.96. The zero-order valence-electron chi connectivity index (χ0n) is 11.8. The van der Waals surface area contributed by atoms with Crippen LogP contribution >= 0.6 is 0 Å². The molecule has 1 aliphatic carbocycles. The van der Waals surface area contributed by atoms with Crippen molar-refractivity contribution in [2.45, 2.75) is 25.2 Å². The molecule has 1 unspecified atom stereocenters. The van der Waals surface area contributed by atoms with E-state index in [9.17, 15) is 9.90 Å². The number of fused-ring (bicyclic) bond motifs is 1. The summed E-state index contributed by atoms with van der Waals surface area (Å²) in [6, 6.07) is 15.3. The van der Waals surface area contributed by atoms with Crippen LogP contribution in [0.4, 0.5) is 0 Å². The summed E-state index contributed by atoms with van der Waals surface area (Å²) in [6.45, 7) is 0.529. The predicted molar refractivity (Wildman–Crippen MR) is 81.0 cm³/mol. The molecule has 3 rings (SSSR count). The zero-order chi connectivity index (χ0) is 14.7. The molecule has 0 amide bonds. The first-order chi connectivity index (χ1) is 10.3. The second kappa shape index (κ2) is 6.00. The van der Waals surface area contributed by atoms with Crippen molar-refractivity contribution in [2.24, 2.45) is 0 Å². The highest BCUT2D eigenvalue weighted by atomic mass is 16.5. The van der Waals surface area contributed by atoms with Gasteiger partial charge in [0.15, 0.2) is 0 Å². The molecule has 108 valence electrons. The highest BCUT2D eigenvalue weighted by molar-refractivity contribution is 5.90. The van der Waals surface area contributed by atoms with E-state index in [4.69, 9.17) is 4.74 Å². The fourth-order valence-corrected chi connectivity index (χ4v) is 2.99. The van der Waals surface area contributed by atoms with E-state index in [-0.39, 0.29) is 5.56 Å². The van der Waals surface area contributed by atoms with Gasteiger partial charge >= 0.3 is 5.97 Å².